The number of hydrogen-bond acceptors (Lipinski definition) is 3. The first-order valence-corrected chi connectivity index (χ1v) is 6.92. The molecular formula is C15H20N2O3. The number of nitrogens with one attached hydrogen (secondary N) is 1. The van der Waals surface area contributed by atoms with Crippen LogP contribution in [0.15, 0.2) is 24.3 Å². The third kappa shape index (κ3) is 3.36. The number of fused-ring (bicyclic) bond motifs is 1. The molecule has 1 aliphatic rings. The van der Waals surface area contributed by atoms with Crippen LogP contribution in [0.25, 0.3) is 0 Å². The molecule has 20 heavy (non-hydrogen) atoms. The standard InChI is InChI=1S/C15H20N2O3/c1-11-9-12-5-2-3-6-13(12)17(11)14(18)10-16-8-4-7-15(19)20/h2-3,5-6,11,16H,4,7-10H2,1H3,(H,19,20). The Hall–Kier alpha value is -1.88. The minimum absolute atomic E-state index is 0.0396. The third-order valence-electron chi connectivity index (χ3n) is 3.50. The van der Waals surface area contributed by atoms with Gasteiger partial charge in [-0.2, -0.15) is 0 Å². The zero-order valence-electron chi connectivity index (χ0n) is 11.6. The lowest BCUT2D eigenvalue weighted by Gasteiger charge is -2.23. The fourth-order valence-corrected chi connectivity index (χ4v) is 2.59. The first kappa shape index (κ1) is 14.5. The van der Waals surface area contributed by atoms with Crippen LogP contribution < -0.4 is 10.2 Å². The molecular weight excluding hydrogens is 256 g/mol. The van der Waals surface area contributed by atoms with Gasteiger partial charge in [-0.3, -0.25) is 9.59 Å². The zero-order chi connectivity index (χ0) is 14.5. The maximum atomic E-state index is 12.3. The molecule has 0 aromatic heterocycles. The van der Waals surface area contributed by atoms with E-state index in [0.29, 0.717) is 13.0 Å². The quantitative estimate of drug-likeness (QED) is 0.771. The van der Waals surface area contributed by atoms with Gasteiger partial charge in [-0.15, -0.1) is 0 Å². The highest BCUT2D eigenvalue weighted by Gasteiger charge is 2.29. The third-order valence-corrected chi connectivity index (χ3v) is 3.50. The summed E-state index contributed by atoms with van der Waals surface area (Å²) in [6, 6.07) is 8.14. The van der Waals surface area contributed by atoms with Gasteiger partial charge in [0.2, 0.25) is 5.91 Å². The highest BCUT2D eigenvalue weighted by atomic mass is 16.4. The number of benzene rings is 1. The van der Waals surface area contributed by atoms with Crippen molar-refractivity contribution in [1.82, 2.24) is 5.32 Å². The second-order valence-corrected chi connectivity index (χ2v) is 5.12. The van der Waals surface area contributed by atoms with Crippen LogP contribution in [0, 0.1) is 0 Å². The Morgan fingerprint density at radius 3 is 2.90 bits per heavy atom. The van der Waals surface area contributed by atoms with Crippen LogP contribution in [-0.4, -0.2) is 36.1 Å². The number of aliphatic carboxylic acids is 1. The van der Waals surface area contributed by atoms with E-state index in [0.717, 1.165) is 12.1 Å². The molecule has 5 heteroatoms. The summed E-state index contributed by atoms with van der Waals surface area (Å²) in [5.41, 5.74) is 2.21. The molecule has 2 N–H and O–H groups in total. The van der Waals surface area contributed by atoms with Crippen LogP contribution in [-0.2, 0) is 16.0 Å². The highest BCUT2D eigenvalue weighted by molar-refractivity contribution is 5.97. The lowest BCUT2D eigenvalue weighted by atomic mass is 10.1. The lowest BCUT2D eigenvalue weighted by molar-refractivity contribution is -0.137. The van der Waals surface area contributed by atoms with Crippen molar-refractivity contribution in [2.75, 3.05) is 18.0 Å². The number of para-hydroxylation sites is 1. The Bertz CT molecular complexity index is 502. The van der Waals surface area contributed by atoms with E-state index in [4.69, 9.17) is 5.11 Å². The van der Waals surface area contributed by atoms with Gasteiger partial charge >= 0.3 is 5.97 Å². The molecule has 0 saturated carbocycles. The number of carboxylic acids is 1. The first-order chi connectivity index (χ1) is 9.59. The van der Waals surface area contributed by atoms with E-state index in [1.807, 2.05) is 30.0 Å². The van der Waals surface area contributed by atoms with Crippen molar-refractivity contribution in [1.29, 1.82) is 0 Å². The molecule has 0 bridgehead atoms. The van der Waals surface area contributed by atoms with Gasteiger partial charge in [-0.25, -0.2) is 0 Å². The van der Waals surface area contributed by atoms with Crippen LogP contribution in [0.1, 0.15) is 25.3 Å². The van der Waals surface area contributed by atoms with Crippen LogP contribution in [0.3, 0.4) is 0 Å². The van der Waals surface area contributed by atoms with Crippen LogP contribution in [0.2, 0.25) is 0 Å². The number of nitrogens with zero attached hydrogens (tertiary/aromatic N) is 1. The molecule has 1 heterocycles. The number of hydrogen-bond donors (Lipinski definition) is 2. The minimum Gasteiger partial charge on any atom is -0.481 e. The molecule has 108 valence electrons. The maximum absolute atomic E-state index is 12.3. The average Bonchev–Trinajstić information content (AvgIpc) is 2.73. The first-order valence-electron chi connectivity index (χ1n) is 6.92. The molecule has 0 fully saturated rings. The van der Waals surface area contributed by atoms with Crippen molar-refractivity contribution in [3.8, 4) is 0 Å². The van der Waals surface area contributed by atoms with Gasteiger partial charge in [0.05, 0.1) is 6.54 Å². The van der Waals surface area contributed by atoms with Crippen LogP contribution >= 0.6 is 0 Å². The molecule has 1 unspecified atom stereocenters. The highest BCUT2D eigenvalue weighted by Crippen LogP contribution is 2.31. The van der Waals surface area contributed by atoms with Gasteiger partial charge in [0, 0.05) is 18.2 Å². The summed E-state index contributed by atoms with van der Waals surface area (Å²) in [6.45, 7) is 2.84. The van der Waals surface area contributed by atoms with Gasteiger partial charge in [0.25, 0.3) is 0 Å². The van der Waals surface area contributed by atoms with Crippen molar-refractivity contribution in [3.63, 3.8) is 0 Å². The number of carbonyl (C=O) groups is 2. The van der Waals surface area contributed by atoms with Crippen molar-refractivity contribution in [3.05, 3.63) is 29.8 Å². The molecule has 0 saturated heterocycles. The Morgan fingerprint density at radius 2 is 2.15 bits per heavy atom. The summed E-state index contributed by atoms with van der Waals surface area (Å²) in [7, 11) is 0. The molecule has 2 rings (SSSR count). The Labute approximate surface area is 118 Å². The smallest absolute Gasteiger partial charge is 0.303 e. The van der Waals surface area contributed by atoms with E-state index >= 15 is 0 Å². The average molecular weight is 276 g/mol. The normalized spacial score (nSPS) is 17.1. The Morgan fingerprint density at radius 1 is 1.40 bits per heavy atom. The number of carbonyl (C=O) groups excluding carboxylic acids is 1. The number of carboxylic acid groups (broad SMARTS) is 1. The van der Waals surface area contributed by atoms with Crippen LogP contribution in [0.5, 0.6) is 0 Å². The minimum atomic E-state index is -0.805. The van der Waals surface area contributed by atoms with E-state index in [2.05, 4.69) is 11.4 Å². The lowest BCUT2D eigenvalue weighted by Crippen LogP contribution is -2.41. The van der Waals surface area contributed by atoms with Gasteiger partial charge in [-0.1, -0.05) is 18.2 Å². The molecule has 1 amide bonds. The molecule has 0 spiro atoms. The molecule has 1 atom stereocenters. The van der Waals surface area contributed by atoms with Gasteiger partial charge in [0.15, 0.2) is 0 Å². The second kappa shape index (κ2) is 6.52. The Kier molecular flexibility index (Phi) is 4.74. The van der Waals surface area contributed by atoms with Gasteiger partial charge < -0.3 is 15.3 Å². The topological polar surface area (TPSA) is 69.6 Å². The number of anilines is 1. The molecule has 1 aromatic carbocycles. The summed E-state index contributed by atoms with van der Waals surface area (Å²) in [5, 5.41) is 11.5. The molecule has 0 aliphatic carbocycles. The molecule has 1 aromatic rings. The van der Waals surface area contributed by atoms with E-state index in [9.17, 15) is 9.59 Å². The summed E-state index contributed by atoms with van der Waals surface area (Å²) in [5.74, 6) is -0.766. The fraction of sp³-hybridized carbons (Fsp3) is 0.467. The van der Waals surface area contributed by atoms with Crippen molar-refractivity contribution >= 4 is 17.6 Å². The van der Waals surface area contributed by atoms with Crippen molar-refractivity contribution < 1.29 is 14.7 Å². The van der Waals surface area contributed by atoms with Crippen molar-refractivity contribution in [2.24, 2.45) is 0 Å². The zero-order valence-corrected chi connectivity index (χ0v) is 11.6. The van der Waals surface area contributed by atoms with E-state index < -0.39 is 5.97 Å². The summed E-state index contributed by atoms with van der Waals surface area (Å²) < 4.78 is 0. The summed E-state index contributed by atoms with van der Waals surface area (Å²) in [4.78, 5) is 24.5. The van der Waals surface area contributed by atoms with E-state index in [-0.39, 0.29) is 24.9 Å². The predicted molar refractivity (Wildman–Crippen MR) is 76.8 cm³/mol. The molecule has 1 aliphatic heterocycles. The maximum Gasteiger partial charge on any atom is 0.303 e. The SMILES string of the molecule is CC1Cc2ccccc2N1C(=O)CNCCCC(=O)O. The van der Waals surface area contributed by atoms with E-state index in [1.54, 1.807) is 0 Å². The van der Waals surface area contributed by atoms with E-state index in [1.165, 1.54) is 5.56 Å². The van der Waals surface area contributed by atoms with Gasteiger partial charge in [-0.05, 0) is 37.9 Å². The number of amides is 1. The van der Waals surface area contributed by atoms with Crippen molar-refractivity contribution in [2.45, 2.75) is 32.2 Å². The monoisotopic (exact) mass is 276 g/mol. The molecule has 0 radical (unpaired) electrons. The summed E-state index contributed by atoms with van der Waals surface area (Å²) >= 11 is 0. The summed E-state index contributed by atoms with van der Waals surface area (Å²) in [6.07, 6.45) is 1.56. The molecule has 5 nitrogen and oxygen atoms in total. The van der Waals surface area contributed by atoms with Gasteiger partial charge in [0.1, 0.15) is 0 Å². The van der Waals surface area contributed by atoms with Crippen LogP contribution in [0.4, 0.5) is 5.69 Å². The fourth-order valence-electron chi connectivity index (χ4n) is 2.59. The predicted octanol–water partition coefficient (Wildman–Crippen LogP) is 1.42. The largest absolute Gasteiger partial charge is 0.481 e. The second-order valence-electron chi connectivity index (χ2n) is 5.12. The number of rotatable bonds is 6. The Balaban J connectivity index is 1.85.